The van der Waals surface area contributed by atoms with Crippen LogP contribution in [-0.2, 0) is 26.2 Å². The Balaban J connectivity index is 0. The third kappa shape index (κ3) is 4.55. The fourth-order valence-electron chi connectivity index (χ4n) is 0.342. The second kappa shape index (κ2) is 7.39. The van der Waals surface area contributed by atoms with E-state index < -0.39 is 0 Å². The van der Waals surface area contributed by atoms with Crippen LogP contribution in [-0.4, -0.2) is 0 Å². The number of rotatable bonds is 0. The van der Waals surface area contributed by atoms with Gasteiger partial charge in [-0.05, 0) is 0 Å². The van der Waals surface area contributed by atoms with Crippen LogP contribution >= 0.6 is 12.4 Å². The average Bonchev–Trinajstić information content (AvgIpc) is 1.72. The minimum atomic E-state index is 0. The molecule has 0 spiro atoms. The molecule has 1 aromatic rings. The molecular weight excluding hydrogens is 199 g/mol. The summed E-state index contributed by atoms with van der Waals surface area (Å²) in [6.45, 7) is 0. The van der Waals surface area contributed by atoms with Gasteiger partial charge in [-0.3, -0.25) is 0 Å². The molecule has 0 atom stereocenters. The molecule has 1 rings (SSSR count). The molecule has 42 valence electrons. The Morgan fingerprint density at radius 1 is 0.875 bits per heavy atom. The summed E-state index contributed by atoms with van der Waals surface area (Å²) < 4.78 is 0. The SMILES string of the molecule is Cl.[Zr].[c-]1ccccc1. The van der Waals surface area contributed by atoms with Crippen molar-refractivity contribution in [3.8, 4) is 0 Å². The minimum absolute atomic E-state index is 0. The summed E-state index contributed by atoms with van der Waals surface area (Å²) >= 11 is 0. The van der Waals surface area contributed by atoms with Gasteiger partial charge in [0.2, 0.25) is 0 Å². The van der Waals surface area contributed by atoms with Crippen molar-refractivity contribution in [2.24, 2.45) is 0 Å². The van der Waals surface area contributed by atoms with E-state index >= 15 is 0 Å². The zero-order valence-corrected chi connectivity index (χ0v) is 7.57. The topological polar surface area (TPSA) is 0 Å². The number of halogens is 1. The van der Waals surface area contributed by atoms with Gasteiger partial charge in [-0.15, -0.1) is 12.4 Å². The maximum absolute atomic E-state index is 2.89. The molecule has 0 aliphatic carbocycles. The van der Waals surface area contributed by atoms with Gasteiger partial charge in [-0.2, -0.15) is 36.4 Å². The summed E-state index contributed by atoms with van der Waals surface area (Å²) in [5.74, 6) is 0. The smallest absolute Gasteiger partial charge is 0 e. The predicted octanol–water partition coefficient (Wildman–Crippen LogP) is 1.91. The molecule has 0 saturated carbocycles. The largest absolute Gasteiger partial charge is 0.184 e. The molecule has 0 amide bonds. The van der Waals surface area contributed by atoms with Gasteiger partial charge in [-0.1, -0.05) is 0 Å². The van der Waals surface area contributed by atoms with E-state index in [-0.39, 0.29) is 38.6 Å². The molecule has 1 aromatic carbocycles. The monoisotopic (exact) mass is 203 g/mol. The first kappa shape index (κ1) is 11.2. The van der Waals surface area contributed by atoms with Crippen molar-refractivity contribution < 1.29 is 26.2 Å². The molecule has 0 fully saturated rings. The molecular formula is C6H6ClZr-. The molecule has 0 unspecified atom stereocenters. The molecule has 0 bridgehead atoms. The first-order valence-electron chi connectivity index (χ1n) is 1.91. The summed E-state index contributed by atoms with van der Waals surface area (Å²) in [4.78, 5) is 0. The number of hydrogen-bond acceptors (Lipinski definition) is 0. The van der Waals surface area contributed by atoms with Gasteiger partial charge in [0.15, 0.2) is 0 Å². The second-order valence-corrected chi connectivity index (χ2v) is 1.08. The van der Waals surface area contributed by atoms with Crippen LogP contribution in [0.5, 0.6) is 0 Å². The van der Waals surface area contributed by atoms with E-state index in [9.17, 15) is 0 Å². The van der Waals surface area contributed by atoms with E-state index in [1.54, 1.807) is 0 Å². The summed E-state index contributed by atoms with van der Waals surface area (Å²) in [5, 5.41) is 0. The van der Waals surface area contributed by atoms with Crippen LogP contribution in [0.2, 0.25) is 0 Å². The van der Waals surface area contributed by atoms with E-state index in [2.05, 4.69) is 6.07 Å². The summed E-state index contributed by atoms with van der Waals surface area (Å²) in [6.07, 6.45) is 0. The van der Waals surface area contributed by atoms with Gasteiger partial charge < -0.3 is 0 Å². The van der Waals surface area contributed by atoms with E-state index in [0.29, 0.717) is 0 Å². The zero-order chi connectivity index (χ0) is 4.24. The van der Waals surface area contributed by atoms with Gasteiger partial charge in [0, 0.05) is 26.2 Å². The van der Waals surface area contributed by atoms with E-state index in [1.165, 1.54) is 0 Å². The summed E-state index contributed by atoms with van der Waals surface area (Å²) in [7, 11) is 0. The molecule has 0 N–H and O–H groups in total. The quantitative estimate of drug-likeness (QED) is 0.567. The second-order valence-electron chi connectivity index (χ2n) is 1.08. The molecule has 2 heteroatoms. The van der Waals surface area contributed by atoms with Gasteiger partial charge in [0.05, 0.1) is 0 Å². The van der Waals surface area contributed by atoms with Crippen LogP contribution in [0.4, 0.5) is 0 Å². The predicted molar refractivity (Wildman–Crippen MR) is 32.5 cm³/mol. The van der Waals surface area contributed by atoms with Crippen molar-refractivity contribution in [1.82, 2.24) is 0 Å². The Hall–Kier alpha value is 0.393. The molecule has 0 heterocycles. The van der Waals surface area contributed by atoms with Crippen LogP contribution in [0.25, 0.3) is 0 Å². The average molecular weight is 205 g/mol. The Bertz CT molecular complexity index is 80.5. The van der Waals surface area contributed by atoms with Crippen LogP contribution in [0.3, 0.4) is 0 Å². The van der Waals surface area contributed by atoms with E-state index in [1.807, 2.05) is 30.3 Å². The van der Waals surface area contributed by atoms with E-state index in [4.69, 9.17) is 0 Å². The standard InChI is InChI=1S/C6H5.ClH.Zr/c1-2-4-6-5-3-1;;/h1-5H;1H;/q-1;;. The molecule has 0 aliphatic heterocycles. The fourth-order valence-corrected chi connectivity index (χ4v) is 0.342. The summed E-state index contributed by atoms with van der Waals surface area (Å²) in [5.41, 5.74) is 0. The Morgan fingerprint density at radius 3 is 1.50 bits per heavy atom. The normalized spacial score (nSPS) is 6.00. The third-order valence-corrected chi connectivity index (χ3v) is 0.607. The van der Waals surface area contributed by atoms with Crippen molar-refractivity contribution in [2.45, 2.75) is 0 Å². The minimum Gasteiger partial charge on any atom is -0.184 e. The van der Waals surface area contributed by atoms with Gasteiger partial charge >= 0.3 is 0 Å². The van der Waals surface area contributed by atoms with Crippen molar-refractivity contribution in [1.29, 1.82) is 0 Å². The number of benzene rings is 1. The molecule has 0 nitrogen and oxygen atoms in total. The van der Waals surface area contributed by atoms with Gasteiger partial charge in [0.1, 0.15) is 0 Å². The van der Waals surface area contributed by atoms with Crippen molar-refractivity contribution in [3.63, 3.8) is 0 Å². The first-order valence-corrected chi connectivity index (χ1v) is 1.91. The maximum atomic E-state index is 2.89. The Labute approximate surface area is 74.8 Å². The molecule has 8 heavy (non-hydrogen) atoms. The molecule has 0 aromatic heterocycles. The van der Waals surface area contributed by atoms with E-state index in [0.717, 1.165) is 0 Å². The summed E-state index contributed by atoms with van der Waals surface area (Å²) in [6, 6.07) is 12.5. The van der Waals surface area contributed by atoms with Gasteiger partial charge in [-0.25, -0.2) is 0 Å². The van der Waals surface area contributed by atoms with Crippen LogP contribution in [0.15, 0.2) is 30.3 Å². The van der Waals surface area contributed by atoms with Crippen molar-refractivity contribution in [2.75, 3.05) is 0 Å². The maximum Gasteiger partial charge on any atom is 0 e. The number of hydrogen-bond donors (Lipinski definition) is 0. The fraction of sp³-hybridized carbons (Fsp3) is 0. The zero-order valence-electron chi connectivity index (χ0n) is 4.29. The molecule has 0 saturated heterocycles. The third-order valence-electron chi connectivity index (χ3n) is 0.607. The first-order chi connectivity index (χ1) is 3.00. The Morgan fingerprint density at radius 2 is 1.38 bits per heavy atom. The molecule has 0 aliphatic rings. The van der Waals surface area contributed by atoms with Crippen molar-refractivity contribution in [3.05, 3.63) is 36.4 Å². The van der Waals surface area contributed by atoms with Gasteiger partial charge in [0.25, 0.3) is 0 Å². The van der Waals surface area contributed by atoms with Crippen LogP contribution in [0.1, 0.15) is 0 Å². The van der Waals surface area contributed by atoms with Crippen molar-refractivity contribution >= 4 is 12.4 Å². The van der Waals surface area contributed by atoms with Crippen LogP contribution < -0.4 is 0 Å². The Kier molecular flexibility index (Phi) is 10.4. The van der Waals surface area contributed by atoms with Crippen LogP contribution in [0, 0.1) is 6.07 Å². The molecule has 0 radical (unpaired) electrons.